The molecule has 0 N–H and O–H groups in total. The maximum atomic E-state index is 12.5. The van der Waals surface area contributed by atoms with Gasteiger partial charge in [0.25, 0.3) is 0 Å². The van der Waals surface area contributed by atoms with Gasteiger partial charge in [0.15, 0.2) is 6.10 Å². The molecule has 0 aliphatic carbocycles. The van der Waals surface area contributed by atoms with Crippen LogP contribution in [-0.4, -0.2) is 49.3 Å². The first-order chi connectivity index (χ1) is 20.8. The highest BCUT2D eigenvalue weighted by molar-refractivity contribution is 5.70. The molecule has 0 aromatic rings. The third-order valence-electron chi connectivity index (χ3n) is 7.56. The van der Waals surface area contributed by atoms with Crippen LogP contribution >= 0.6 is 0 Å². The highest BCUT2D eigenvalue weighted by Crippen LogP contribution is 2.18. The summed E-state index contributed by atoms with van der Waals surface area (Å²) in [5.74, 6) is -1.36. The number of rotatable bonds is 30. The molecule has 0 aliphatic heterocycles. The lowest BCUT2D eigenvalue weighted by atomic mass is 10.0. The Morgan fingerprint density at radius 3 is 1.16 bits per heavy atom. The van der Waals surface area contributed by atoms with E-state index < -0.39 is 18.0 Å². The van der Waals surface area contributed by atoms with Gasteiger partial charge < -0.3 is 18.9 Å². The van der Waals surface area contributed by atoms with E-state index in [1.807, 2.05) is 0 Å². The number of ether oxygens (including phenoxy) is 4. The van der Waals surface area contributed by atoms with Gasteiger partial charge in [-0.25, -0.2) is 0 Å². The average molecular weight is 613 g/mol. The fourth-order valence-electron chi connectivity index (χ4n) is 5.02. The standard InChI is InChI=1S/C35H64O8/c1-5-7-9-11-14-18-22-26-34(38)42-32(24-20-10-8-6-2)25-21-17-15-12-13-16-19-23-27-35(39)43-33(28-40-30(3)36)29-41-31(4)37/h32-33H,5-29H2,1-4H3. The molecule has 0 radical (unpaired) electrons. The lowest BCUT2D eigenvalue weighted by molar-refractivity contribution is -0.165. The molecule has 0 rings (SSSR count). The summed E-state index contributed by atoms with van der Waals surface area (Å²) in [5, 5.41) is 0. The molecule has 8 heteroatoms. The van der Waals surface area contributed by atoms with Crippen LogP contribution in [0.5, 0.6) is 0 Å². The van der Waals surface area contributed by atoms with E-state index in [1.165, 1.54) is 71.6 Å². The van der Waals surface area contributed by atoms with Crippen molar-refractivity contribution in [3.63, 3.8) is 0 Å². The molecule has 0 amide bonds. The Morgan fingerprint density at radius 1 is 0.442 bits per heavy atom. The van der Waals surface area contributed by atoms with Crippen molar-refractivity contribution in [2.45, 2.75) is 188 Å². The summed E-state index contributed by atoms with van der Waals surface area (Å²) in [5.41, 5.74) is 0. The van der Waals surface area contributed by atoms with E-state index in [0.29, 0.717) is 6.42 Å². The lowest BCUT2D eigenvalue weighted by Gasteiger charge is -2.18. The van der Waals surface area contributed by atoms with Crippen LogP contribution in [0.1, 0.15) is 175 Å². The third kappa shape index (κ3) is 29.7. The first kappa shape index (κ1) is 40.9. The van der Waals surface area contributed by atoms with E-state index in [9.17, 15) is 19.2 Å². The van der Waals surface area contributed by atoms with Crippen molar-refractivity contribution in [1.29, 1.82) is 0 Å². The van der Waals surface area contributed by atoms with Gasteiger partial charge in [-0.2, -0.15) is 0 Å². The number of unbranched alkanes of at least 4 members (excludes halogenated alkanes) is 16. The first-order valence-corrected chi connectivity index (χ1v) is 17.4. The molecule has 0 heterocycles. The molecule has 0 saturated heterocycles. The van der Waals surface area contributed by atoms with Gasteiger partial charge in [-0.05, 0) is 38.5 Å². The van der Waals surface area contributed by atoms with Crippen LogP contribution in [0.15, 0.2) is 0 Å². The van der Waals surface area contributed by atoms with Crippen LogP contribution < -0.4 is 0 Å². The van der Waals surface area contributed by atoms with Gasteiger partial charge >= 0.3 is 23.9 Å². The Balaban J connectivity index is 4.05. The van der Waals surface area contributed by atoms with Gasteiger partial charge in [0.05, 0.1) is 0 Å². The van der Waals surface area contributed by atoms with E-state index in [0.717, 1.165) is 77.0 Å². The summed E-state index contributed by atoms with van der Waals surface area (Å²) in [6, 6.07) is 0. The van der Waals surface area contributed by atoms with Crippen LogP contribution in [0.3, 0.4) is 0 Å². The van der Waals surface area contributed by atoms with Crippen LogP contribution in [0.4, 0.5) is 0 Å². The molecule has 8 nitrogen and oxygen atoms in total. The number of hydrogen-bond donors (Lipinski definition) is 0. The summed E-state index contributed by atoms with van der Waals surface area (Å²) >= 11 is 0. The molecule has 0 aromatic carbocycles. The topological polar surface area (TPSA) is 105 Å². The van der Waals surface area contributed by atoms with Crippen molar-refractivity contribution in [1.82, 2.24) is 0 Å². The zero-order chi connectivity index (χ0) is 32.0. The van der Waals surface area contributed by atoms with Crippen LogP contribution in [0, 0.1) is 0 Å². The average Bonchev–Trinajstić information content (AvgIpc) is 2.96. The van der Waals surface area contributed by atoms with Crippen molar-refractivity contribution < 1.29 is 38.1 Å². The van der Waals surface area contributed by atoms with Gasteiger partial charge in [-0.3, -0.25) is 19.2 Å². The van der Waals surface area contributed by atoms with Gasteiger partial charge in [-0.15, -0.1) is 0 Å². The minimum absolute atomic E-state index is 0.0118. The second kappa shape index (κ2) is 29.9. The lowest BCUT2D eigenvalue weighted by Crippen LogP contribution is -2.30. The van der Waals surface area contributed by atoms with Crippen LogP contribution in [0.2, 0.25) is 0 Å². The first-order valence-electron chi connectivity index (χ1n) is 17.4. The van der Waals surface area contributed by atoms with Crippen molar-refractivity contribution in [2.75, 3.05) is 13.2 Å². The Bertz CT molecular complexity index is 690. The number of carbonyl (C=O) groups excluding carboxylic acids is 4. The molecule has 0 aliphatic rings. The van der Waals surface area contributed by atoms with E-state index in [2.05, 4.69) is 13.8 Å². The molecule has 0 bridgehead atoms. The minimum atomic E-state index is -0.787. The Morgan fingerprint density at radius 2 is 0.767 bits per heavy atom. The predicted molar refractivity (Wildman–Crippen MR) is 171 cm³/mol. The fourth-order valence-corrected chi connectivity index (χ4v) is 5.02. The summed E-state index contributed by atoms with van der Waals surface area (Å²) in [7, 11) is 0. The molecule has 0 spiro atoms. The molecule has 0 saturated carbocycles. The third-order valence-corrected chi connectivity index (χ3v) is 7.56. The molecule has 43 heavy (non-hydrogen) atoms. The van der Waals surface area contributed by atoms with Crippen molar-refractivity contribution in [3.8, 4) is 0 Å². The van der Waals surface area contributed by atoms with E-state index >= 15 is 0 Å². The SMILES string of the molecule is CCCCCCCCCC(=O)OC(CCCCCC)CCCCCCCCCCC(=O)OC(COC(C)=O)COC(C)=O. The quantitative estimate of drug-likeness (QED) is 0.0450. The normalized spacial score (nSPS) is 11.7. The predicted octanol–water partition coefficient (Wildman–Crippen LogP) is 8.95. The summed E-state index contributed by atoms with van der Waals surface area (Å²) in [6.07, 6.45) is 23.8. The van der Waals surface area contributed by atoms with E-state index in [4.69, 9.17) is 18.9 Å². The zero-order valence-corrected chi connectivity index (χ0v) is 28.1. The molecular weight excluding hydrogens is 548 g/mol. The molecule has 1 atom stereocenters. The monoisotopic (exact) mass is 612 g/mol. The summed E-state index contributed by atoms with van der Waals surface area (Å²) in [4.78, 5) is 46.7. The second-order valence-electron chi connectivity index (χ2n) is 11.9. The maximum Gasteiger partial charge on any atom is 0.306 e. The van der Waals surface area contributed by atoms with Crippen molar-refractivity contribution in [3.05, 3.63) is 0 Å². The molecule has 0 aromatic heterocycles. The molecular formula is C35H64O8. The largest absolute Gasteiger partial charge is 0.462 e. The summed E-state index contributed by atoms with van der Waals surface area (Å²) < 4.78 is 21.0. The number of esters is 4. The van der Waals surface area contributed by atoms with Gasteiger partial charge in [0.2, 0.25) is 0 Å². The Hall–Kier alpha value is -2.12. The summed E-state index contributed by atoms with van der Waals surface area (Å²) in [6.45, 7) is 6.73. The van der Waals surface area contributed by atoms with E-state index in [-0.39, 0.29) is 37.7 Å². The minimum Gasteiger partial charge on any atom is -0.462 e. The van der Waals surface area contributed by atoms with E-state index in [1.54, 1.807) is 0 Å². The highest BCUT2D eigenvalue weighted by Gasteiger charge is 2.18. The molecule has 1 unspecified atom stereocenters. The van der Waals surface area contributed by atoms with Crippen molar-refractivity contribution in [2.24, 2.45) is 0 Å². The number of hydrogen-bond acceptors (Lipinski definition) is 8. The highest BCUT2D eigenvalue weighted by atomic mass is 16.6. The van der Waals surface area contributed by atoms with Gasteiger partial charge in [-0.1, -0.05) is 110 Å². The van der Waals surface area contributed by atoms with Gasteiger partial charge in [0.1, 0.15) is 19.3 Å². The number of carbonyl (C=O) groups is 4. The Labute approximate surface area is 262 Å². The molecule has 252 valence electrons. The zero-order valence-electron chi connectivity index (χ0n) is 28.1. The maximum absolute atomic E-state index is 12.5. The van der Waals surface area contributed by atoms with Crippen LogP contribution in [-0.2, 0) is 38.1 Å². The second-order valence-corrected chi connectivity index (χ2v) is 11.9. The fraction of sp³-hybridized carbons (Fsp3) is 0.886. The van der Waals surface area contributed by atoms with Crippen LogP contribution in [0.25, 0.3) is 0 Å². The van der Waals surface area contributed by atoms with Crippen molar-refractivity contribution >= 4 is 23.9 Å². The van der Waals surface area contributed by atoms with Gasteiger partial charge in [0, 0.05) is 26.7 Å². The Kier molecular flexibility index (Phi) is 28.5. The smallest absolute Gasteiger partial charge is 0.306 e. The molecule has 0 fully saturated rings.